The van der Waals surface area contributed by atoms with Crippen LogP contribution in [0.1, 0.15) is 11.1 Å². The first kappa shape index (κ1) is 11.8. The molecule has 2 aromatic rings. The van der Waals surface area contributed by atoms with E-state index in [2.05, 4.69) is 5.32 Å². The first-order valence-corrected chi connectivity index (χ1v) is 6.23. The third-order valence-electron chi connectivity index (χ3n) is 3.24. The molecule has 0 aromatic heterocycles. The summed E-state index contributed by atoms with van der Waals surface area (Å²) < 4.78 is 5.97. The van der Waals surface area contributed by atoms with E-state index >= 15 is 0 Å². The van der Waals surface area contributed by atoms with Crippen molar-refractivity contribution in [1.29, 1.82) is 0 Å². The van der Waals surface area contributed by atoms with Crippen molar-refractivity contribution >= 4 is 5.76 Å². The average Bonchev–Trinajstić information content (AvgIpc) is 2.95. The van der Waals surface area contributed by atoms with E-state index in [0.717, 1.165) is 16.9 Å². The Bertz CT molecular complexity index is 580. The average molecular weight is 253 g/mol. The summed E-state index contributed by atoms with van der Waals surface area (Å²) in [6.07, 6.45) is 1.80. The van der Waals surface area contributed by atoms with Crippen molar-refractivity contribution in [3.63, 3.8) is 0 Å². The molecule has 96 valence electrons. The minimum Gasteiger partial charge on any atom is -0.459 e. The summed E-state index contributed by atoms with van der Waals surface area (Å²) in [6.45, 7) is -0.135. The number of rotatable bonds is 3. The summed E-state index contributed by atoms with van der Waals surface area (Å²) in [6, 6.07) is 19.5. The van der Waals surface area contributed by atoms with E-state index in [0.29, 0.717) is 0 Å². The van der Waals surface area contributed by atoms with Crippen LogP contribution in [0.2, 0.25) is 0 Å². The monoisotopic (exact) mass is 253 g/mol. The van der Waals surface area contributed by atoms with Crippen LogP contribution in [0.5, 0.6) is 0 Å². The van der Waals surface area contributed by atoms with Crippen LogP contribution in [0.3, 0.4) is 0 Å². The maximum atomic E-state index is 9.71. The maximum absolute atomic E-state index is 9.71. The van der Waals surface area contributed by atoms with Gasteiger partial charge in [-0.25, -0.2) is 0 Å². The van der Waals surface area contributed by atoms with Crippen LogP contribution >= 0.6 is 0 Å². The summed E-state index contributed by atoms with van der Waals surface area (Å²) in [5, 5.41) is 12.9. The van der Waals surface area contributed by atoms with Gasteiger partial charge in [0.1, 0.15) is 12.4 Å². The van der Waals surface area contributed by atoms with Crippen molar-refractivity contribution < 1.29 is 9.84 Å². The van der Waals surface area contributed by atoms with E-state index in [1.807, 2.05) is 60.7 Å². The Balaban J connectivity index is 1.90. The molecule has 1 aliphatic rings. The van der Waals surface area contributed by atoms with Crippen molar-refractivity contribution in [3.05, 3.63) is 78.0 Å². The highest BCUT2D eigenvalue weighted by atomic mass is 16.5. The number of hydrogen-bond acceptors (Lipinski definition) is 3. The zero-order valence-corrected chi connectivity index (χ0v) is 10.4. The zero-order chi connectivity index (χ0) is 13.1. The third-order valence-corrected chi connectivity index (χ3v) is 3.24. The topological polar surface area (TPSA) is 41.5 Å². The van der Waals surface area contributed by atoms with Crippen molar-refractivity contribution in [2.24, 2.45) is 0 Å². The van der Waals surface area contributed by atoms with E-state index in [1.54, 1.807) is 6.20 Å². The second-order valence-electron chi connectivity index (χ2n) is 4.47. The molecule has 1 heterocycles. The Hall–Kier alpha value is -2.26. The van der Waals surface area contributed by atoms with Gasteiger partial charge in [-0.2, -0.15) is 0 Å². The van der Waals surface area contributed by atoms with Gasteiger partial charge in [0.2, 0.25) is 5.72 Å². The Kier molecular flexibility index (Phi) is 2.97. The second-order valence-corrected chi connectivity index (χ2v) is 4.47. The molecule has 2 N–H and O–H groups in total. The van der Waals surface area contributed by atoms with Crippen LogP contribution in [-0.2, 0) is 10.5 Å². The van der Waals surface area contributed by atoms with E-state index in [1.165, 1.54) is 0 Å². The number of benzene rings is 2. The van der Waals surface area contributed by atoms with Crippen molar-refractivity contribution in [2.75, 3.05) is 6.61 Å². The fraction of sp³-hybridized carbons (Fsp3) is 0.125. The molecule has 3 heteroatoms. The molecule has 2 aromatic carbocycles. The minimum absolute atomic E-state index is 0.135. The summed E-state index contributed by atoms with van der Waals surface area (Å²) in [5.41, 5.74) is 1.01. The molecule has 1 unspecified atom stereocenters. The molecular formula is C16H15NO2. The van der Waals surface area contributed by atoms with E-state index in [9.17, 15) is 5.11 Å². The standard InChI is InChI=1S/C16H15NO2/c18-12-16(14-9-5-2-6-10-14)17-11-15(19-16)13-7-3-1-4-8-13/h1-11,17-18H,12H2. The van der Waals surface area contributed by atoms with Crippen molar-refractivity contribution in [3.8, 4) is 0 Å². The van der Waals surface area contributed by atoms with Crippen LogP contribution in [0, 0.1) is 0 Å². The largest absolute Gasteiger partial charge is 0.459 e. The molecule has 0 spiro atoms. The third kappa shape index (κ3) is 2.09. The Labute approximate surface area is 112 Å². The molecule has 0 aliphatic carbocycles. The number of aliphatic hydroxyl groups excluding tert-OH is 1. The quantitative estimate of drug-likeness (QED) is 0.883. The first-order chi connectivity index (χ1) is 9.34. The van der Waals surface area contributed by atoms with Gasteiger partial charge in [-0.05, 0) is 0 Å². The van der Waals surface area contributed by atoms with Gasteiger partial charge in [0, 0.05) is 17.3 Å². The van der Waals surface area contributed by atoms with Gasteiger partial charge in [0.05, 0.1) is 0 Å². The lowest BCUT2D eigenvalue weighted by molar-refractivity contribution is -0.0198. The van der Waals surface area contributed by atoms with Crippen LogP contribution in [0.25, 0.3) is 5.76 Å². The zero-order valence-electron chi connectivity index (χ0n) is 10.4. The van der Waals surface area contributed by atoms with Gasteiger partial charge in [0.25, 0.3) is 0 Å². The number of nitrogens with one attached hydrogen (secondary N) is 1. The summed E-state index contributed by atoms with van der Waals surface area (Å²) in [4.78, 5) is 0. The summed E-state index contributed by atoms with van der Waals surface area (Å²) >= 11 is 0. The van der Waals surface area contributed by atoms with Crippen LogP contribution in [0.15, 0.2) is 66.9 Å². The van der Waals surface area contributed by atoms with Crippen LogP contribution < -0.4 is 5.32 Å². The molecule has 1 atom stereocenters. The lowest BCUT2D eigenvalue weighted by Gasteiger charge is -2.28. The normalized spacial score (nSPS) is 21.4. The second kappa shape index (κ2) is 4.78. The molecule has 0 amide bonds. The summed E-state index contributed by atoms with van der Waals surface area (Å²) in [7, 11) is 0. The lowest BCUT2D eigenvalue weighted by atomic mass is 10.0. The highest BCUT2D eigenvalue weighted by Gasteiger charge is 2.37. The minimum atomic E-state index is -0.883. The van der Waals surface area contributed by atoms with Gasteiger partial charge in [-0.1, -0.05) is 60.7 Å². The number of hydrogen-bond donors (Lipinski definition) is 2. The Morgan fingerprint density at radius 3 is 2.21 bits per heavy atom. The van der Waals surface area contributed by atoms with E-state index in [-0.39, 0.29) is 6.61 Å². The van der Waals surface area contributed by atoms with Crippen LogP contribution in [0.4, 0.5) is 0 Å². The lowest BCUT2D eigenvalue weighted by Crippen LogP contribution is -2.41. The molecule has 0 radical (unpaired) electrons. The molecule has 0 fully saturated rings. The van der Waals surface area contributed by atoms with Gasteiger partial charge in [-0.15, -0.1) is 0 Å². The van der Waals surface area contributed by atoms with Gasteiger partial charge >= 0.3 is 0 Å². The predicted octanol–water partition coefficient (Wildman–Crippen LogP) is 2.45. The molecule has 19 heavy (non-hydrogen) atoms. The first-order valence-electron chi connectivity index (χ1n) is 6.23. The van der Waals surface area contributed by atoms with E-state index < -0.39 is 5.72 Å². The predicted molar refractivity (Wildman–Crippen MR) is 73.8 cm³/mol. The summed E-state index contributed by atoms with van der Waals surface area (Å²) in [5.74, 6) is 0.735. The fourth-order valence-electron chi connectivity index (χ4n) is 2.19. The van der Waals surface area contributed by atoms with Gasteiger partial charge < -0.3 is 15.2 Å². The molecule has 0 bridgehead atoms. The Morgan fingerprint density at radius 2 is 1.58 bits per heavy atom. The smallest absolute Gasteiger partial charge is 0.229 e. The molecule has 0 saturated carbocycles. The van der Waals surface area contributed by atoms with Crippen molar-refractivity contribution in [2.45, 2.75) is 5.72 Å². The molecule has 3 nitrogen and oxygen atoms in total. The SMILES string of the molecule is OCC1(c2ccccc2)NC=C(c2ccccc2)O1. The Morgan fingerprint density at radius 1 is 0.947 bits per heavy atom. The number of ether oxygens (including phenoxy) is 1. The maximum Gasteiger partial charge on any atom is 0.229 e. The van der Waals surface area contributed by atoms with Crippen molar-refractivity contribution in [1.82, 2.24) is 5.32 Å². The molecular weight excluding hydrogens is 238 g/mol. The van der Waals surface area contributed by atoms with Crippen LogP contribution in [-0.4, -0.2) is 11.7 Å². The van der Waals surface area contributed by atoms with Gasteiger partial charge in [-0.3, -0.25) is 0 Å². The van der Waals surface area contributed by atoms with E-state index in [4.69, 9.17) is 4.74 Å². The molecule has 1 aliphatic heterocycles. The fourth-order valence-corrected chi connectivity index (χ4v) is 2.19. The molecule has 3 rings (SSSR count). The molecule has 0 saturated heterocycles. The highest BCUT2D eigenvalue weighted by molar-refractivity contribution is 5.61. The number of aliphatic hydroxyl groups is 1. The van der Waals surface area contributed by atoms with Gasteiger partial charge in [0.15, 0.2) is 0 Å². The highest BCUT2D eigenvalue weighted by Crippen LogP contribution is 2.33.